The quantitative estimate of drug-likeness (QED) is 0.297. The number of nitrogens with zero attached hydrogens (tertiary/aromatic N) is 2. The van der Waals surface area contributed by atoms with Crippen LogP contribution in [0, 0.1) is 10.1 Å². The highest BCUT2D eigenvalue weighted by molar-refractivity contribution is 5.80. The maximum atomic E-state index is 12.4. The molecule has 10 heteroatoms. The van der Waals surface area contributed by atoms with Gasteiger partial charge in [0.25, 0.3) is 16.8 Å². The Balaban J connectivity index is 1.52. The van der Waals surface area contributed by atoms with Gasteiger partial charge in [-0.15, -0.1) is 0 Å². The van der Waals surface area contributed by atoms with Gasteiger partial charge in [-0.05, 0) is 18.2 Å². The van der Waals surface area contributed by atoms with Crippen LogP contribution in [0.15, 0.2) is 58.1 Å². The third-order valence-corrected chi connectivity index (χ3v) is 4.31. The number of rotatable bonds is 8. The molecular formula is C19H19N5O5. The average Bonchev–Trinajstić information content (AvgIpc) is 2.73. The molecule has 0 bridgehead atoms. The van der Waals surface area contributed by atoms with Gasteiger partial charge in [0, 0.05) is 25.6 Å². The molecule has 0 saturated heterocycles. The largest absolute Gasteiger partial charge is 0.378 e. The van der Waals surface area contributed by atoms with Crippen LogP contribution in [0.2, 0.25) is 0 Å². The number of aromatic amines is 1. The van der Waals surface area contributed by atoms with Crippen LogP contribution in [-0.2, 0) is 11.3 Å². The number of fused-ring (bicyclic) bond motifs is 1. The molecule has 0 radical (unpaired) electrons. The van der Waals surface area contributed by atoms with E-state index in [-0.39, 0.29) is 36.7 Å². The molecule has 1 aromatic heterocycles. The van der Waals surface area contributed by atoms with Crippen LogP contribution in [0.1, 0.15) is 6.42 Å². The summed E-state index contributed by atoms with van der Waals surface area (Å²) in [4.78, 5) is 46.9. The van der Waals surface area contributed by atoms with Gasteiger partial charge in [0.15, 0.2) is 0 Å². The second-order valence-corrected chi connectivity index (χ2v) is 6.24. The van der Waals surface area contributed by atoms with E-state index in [1.54, 1.807) is 42.5 Å². The zero-order valence-electron chi connectivity index (χ0n) is 15.4. The first-order chi connectivity index (χ1) is 14.0. The lowest BCUT2D eigenvalue weighted by Crippen LogP contribution is -2.33. The normalized spacial score (nSPS) is 10.6. The third kappa shape index (κ3) is 4.67. The van der Waals surface area contributed by atoms with Gasteiger partial charge in [-0.1, -0.05) is 24.3 Å². The summed E-state index contributed by atoms with van der Waals surface area (Å²) in [5.74, 6) is -0.310. The molecule has 0 spiro atoms. The van der Waals surface area contributed by atoms with Crippen LogP contribution in [0.4, 0.5) is 11.4 Å². The summed E-state index contributed by atoms with van der Waals surface area (Å²) in [6.45, 7) is 0.569. The molecule has 3 rings (SSSR count). The van der Waals surface area contributed by atoms with Gasteiger partial charge in [-0.2, -0.15) is 0 Å². The van der Waals surface area contributed by atoms with Crippen molar-refractivity contribution in [1.29, 1.82) is 0 Å². The van der Waals surface area contributed by atoms with Gasteiger partial charge in [0.05, 0.1) is 22.2 Å². The highest BCUT2D eigenvalue weighted by atomic mass is 16.6. The summed E-state index contributed by atoms with van der Waals surface area (Å²) in [7, 11) is 0. The Kier molecular flexibility index (Phi) is 6.03. The van der Waals surface area contributed by atoms with E-state index in [0.717, 1.165) is 4.68 Å². The van der Waals surface area contributed by atoms with E-state index in [0.29, 0.717) is 23.0 Å². The molecule has 150 valence electrons. The highest BCUT2D eigenvalue weighted by Crippen LogP contribution is 2.22. The number of hydrogen-bond acceptors (Lipinski definition) is 6. The van der Waals surface area contributed by atoms with E-state index in [2.05, 4.69) is 15.7 Å². The highest BCUT2D eigenvalue weighted by Gasteiger charge is 2.12. The lowest BCUT2D eigenvalue weighted by atomic mass is 10.2. The minimum absolute atomic E-state index is 0.000326. The van der Waals surface area contributed by atoms with Crippen molar-refractivity contribution in [3.05, 3.63) is 79.4 Å². The molecule has 10 nitrogen and oxygen atoms in total. The van der Waals surface area contributed by atoms with Gasteiger partial charge >= 0.3 is 0 Å². The number of nitrogens with one attached hydrogen (secondary N) is 3. The maximum absolute atomic E-state index is 12.4. The maximum Gasteiger partial charge on any atom is 0.292 e. The number of amides is 1. The molecule has 0 aliphatic carbocycles. The van der Waals surface area contributed by atoms with Crippen molar-refractivity contribution in [2.24, 2.45) is 0 Å². The van der Waals surface area contributed by atoms with Crippen LogP contribution in [0.3, 0.4) is 0 Å². The number of anilines is 1. The minimum atomic E-state index is -0.483. The van der Waals surface area contributed by atoms with E-state index in [9.17, 15) is 24.5 Å². The predicted molar refractivity (Wildman–Crippen MR) is 108 cm³/mol. The van der Waals surface area contributed by atoms with E-state index in [1.807, 2.05) is 0 Å². The topological polar surface area (TPSA) is 139 Å². The molecule has 29 heavy (non-hydrogen) atoms. The first-order valence-corrected chi connectivity index (χ1v) is 8.93. The first kappa shape index (κ1) is 19.8. The van der Waals surface area contributed by atoms with Crippen molar-refractivity contribution in [1.82, 2.24) is 15.1 Å². The number of hydrogen-bond donors (Lipinski definition) is 3. The molecule has 0 atom stereocenters. The summed E-state index contributed by atoms with van der Waals surface area (Å²) >= 11 is 0. The Bertz CT molecular complexity index is 1170. The van der Waals surface area contributed by atoms with Crippen molar-refractivity contribution in [2.75, 3.05) is 18.4 Å². The summed E-state index contributed by atoms with van der Waals surface area (Å²) in [5, 5.41) is 19.6. The van der Waals surface area contributed by atoms with Gasteiger partial charge in [0.2, 0.25) is 5.91 Å². The van der Waals surface area contributed by atoms with Crippen molar-refractivity contribution in [3.63, 3.8) is 0 Å². The number of aryl methyl sites for hydroxylation is 1. The van der Waals surface area contributed by atoms with Crippen molar-refractivity contribution >= 4 is 28.1 Å². The minimum Gasteiger partial charge on any atom is -0.378 e. The molecule has 0 unspecified atom stereocenters. The zero-order valence-corrected chi connectivity index (χ0v) is 15.4. The number of carbonyl (C=O) groups excluding carboxylic acids is 1. The number of benzene rings is 2. The van der Waals surface area contributed by atoms with E-state index < -0.39 is 10.5 Å². The summed E-state index contributed by atoms with van der Waals surface area (Å²) in [5.41, 5.74) is -0.439. The number of nitro benzene ring substituents is 1. The van der Waals surface area contributed by atoms with E-state index >= 15 is 0 Å². The van der Waals surface area contributed by atoms with E-state index in [4.69, 9.17) is 0 Å². The van der Waals surface area contributed by atoms with Crippen LogP contribution in [0.25, 0.3) is 10.8 Å². The van der Waals surface area contributed by atoms with Gasteiger partial charge in [0.1, 0.15) is 5.69 Å². The molecule has 2 aromatic carbocycles. The fraction of sp³-hybridized carbons (Fsp3) is 0.211. The monoisotopic (exact) mass is 397 g/mol. The fourth-order valence-electron chi connectivity index (χ4n) is 2.89. The fourth-order valence-corrected chi connectivity index (χ4v) is 2.89. The van der Waals surface area contributed by atoms with E-state index in [1.165, 1.54) is 6.07 Å². The van der Waals surface area contributed by atoms with Crippen LogP contribution < -0.4 is 21.8 Å². The smallest absolute Gasteiger partial charge is 0.292 e. The van der Waals surface area contributed by atoms with Gasteiger partial charge in [-0.25, -0.2) is 4.68 Å². The SMILES string of the molecule is O=C(CCn1[nH]c(=O)c2ccccc2c1=O)NCCNc1ccccc1[N+](=O)[O-]. The second kappa shape index (κ2) is 8.83. The van der Waals surface area contributed by atoms with Crippen LogP contribution >= 0.6 is 0 Å². The van der Waals surface area contributed by atoms with Crippen LogP contribution in [-0.4, -0.2) is 33.7 Å². The van der Waals surface area contributed by atoms with Crippen molar-refractivity contribution < 1.29 is 9.72 Å². The number of nitro groups is 1. The summed E-state index contributed by atoms with van der Waals surface area (Å²) < 4.78 is 1.12. The number of carbonyl (C=O) groups is 1. The van der Waals surface area contributed by atoms with Crippen molar-refractivity contribution in [2.45, 2.75) is 13.0 Å². The Labute approximate surface area is 164 Å². The Morgan fingerprint density at radius 2 is 1.72 bits per heavy atom. The molecular weight excluding hydrogens is 378 g/mol. The molecule has 0 saturated carbocycles. The number of para-hydroxylation sites is 2. The molecule has 0 aliphatic heterocycles. The Morgan fingerprint density at radius 3 is 2.48 bits per heavy atom. The van der Waals surface area contributed by atoms with Gasteiger partial charge in [-0.3, -0.25) is 29.6 Å². The predicted octanol–water partition coefficient (Wildman–Crippen LogP) is 1.22. The molecule has 3 N–H and O–H groups in total. The summed E-state index contributed by atoms with van der Waals surface area (Å²) in [6, 6.07) is 12.7. The molecule has 1 heterocycles. The third-order valence-electron chi connectivity index (χ3n) is 4.31. The number of aromatic nitrogens is 2. The molecule has 0 aliphatic rings. The Morgan fingerprint density at radius 1 is 1.03 bits per heavy atom. The molecule has 0 fully saturated rings. The lowest BCUT2D eigenvalue weighted by Gasteiger charge is -2.09. The van der Waals surface area contributed by atoms with Crippen LogP contribution in [0.5, 0.6) is 0 Å². The first-order valence-electron chi connectivity index (χ1n) is 8.93. The standard InChI is InChI=1S/C19H19N5O5/c25-17(21-11-10-20-15-7-3-4-8-16(15)24(28)29)9-12-23-19(27)14-6-2-1-5-13(14)18(26)22-23/h1-8,20H,9-12H2,(H,21,25)(H,22,26). The number of H-pyrrole nitrogens is 1. The second-order valence-electron chi connectivity index (χ2n) is 6.24. The molecule has 3 aromatic rings. The van der Waals surface area contributed by atoms with Gasteiger partial charge < -0.3 is 10.6 Å². The van der Waals surface area contributed by atoms with Crippen molar-refractivity contribution in [3.8, 4) is 0 Å². The summed E-state index contributed by atoms with van der Waals surface area (Å²) in [6.07, 6.45) is -0.000326. The zero-order chi connectivity index (χ0) is 20.8. The Hall–Kier alpha value is -3.95. The lowest BCUT2D eigenvalue weighted by molar-refractivity contribution is -0.384. The average molecular weight is 397 g/mol. The molecule has 1 amide bonds.